The number of phosphoric acid groups is 2. The van der Waals surface area contributed by atoms with Gasteiger partial charge in [-0.05, 0) is 167 Å². The number of esters is 3. The largest absolute Gasteiger partial charge is 0.472 e. The van der Waals surface area contributed by atoms with Crippen LogP contribution in [-0.4, -0.2) is 95.9 Å². The van der Waals surface area contributed by atoms with Gasteiger partial charge in [-0.15, -0.1) is 0 Å². The van der Waals surface area contributed by atoms with Crippen LogP contribution in [0.25, 0.3) is 0 Å². The van der Waals surface area contributed by atoms with Gasteiger partial charge in [0.1, 0.15) is 25.4 Å². The van der Waals surface area contributed by atoms with Crippen LogP contribution in [0.2, 0.25) is 0 Å². The Hall–Kier alpha value is -5.87. The van der Waals surface area contributed by atoms with Gasteiger partial charge in [-0.3, -0.25) is 32.5 Å². The molecule has 0 bridgehead atoms. The highest BCUT2D eigenvalue weighted by Crippen LogP contribution is 2.45. The second-order valence-electron chi connectivity index (χ2n) is 31.7. The van der Waals surface area contributed by atoms with Crippen LogP contribution in [0.5, 0.6) is 0 Å². The summed E-state index contributed by atoms with van der Waals surface area (Å²) in [7, 11) is -9.83. The molecule has 5 unspecified atom stereocenters. The maximum absolute atomic E-state index is 13.1. The molecule has 0 spiro atoms. The van der Waals surface area contributed by atoms with Crippen LogP contribution in [0.15, 0.2) is 207 Å². The summed E-state index contributed by atoms with van der Waals surface area (Å²) in [6, 6.07) is 0. The third-order valence-corrected chi connectivity index (χ3v) is 21.9. The molecule has 0 heterocycles. The quantitative estimate of drug-likeness (QED) is 0.0146. The lowest BCUT2D eigenvalue weighted by Crippen LogP contribution is -2.30. The van der Waals surface area contributed by atoms with Crippen molar-refractivity contribution < 1.29 is 75.8 Å². The van der Waals surface area contributed by atoms with Crippen molar-refractivity contribution >= 4 is 33.6 Å². The van der Waals surface area contributed by atoms with Gasteiger partial charge in [0, 0.05) is 19.3 Å². The molecule has 700 valence electrons. The number of aliphatic hydroxyl groups is 2. The summed E-state index contributed by atoms with van der Waals surface area (Å²) in [4.78, 5) is 59.1. The van der Waals surface area contributed by atoms with Crippen molar-refractivity contribution in [3.63, 3.8) is 0 Å². The Morgan fingerprint density at radius 3 is 0.642 bits per heavy atom. The Morgan fingerprint density at radius 1 is 0.228 bits per heavy atom. The SMILES string of the molecule is CC/C=C\C/C=C\C/C=C\C/C=C\C/C=C\C/C=C\CCCCCCCCCCCCCCC(=O)OCC(O)COP(=O)(O)OCC(O)COP(=O)(O)OCC(COC(=O)CCCCCCCCCCCCCCCCC/C=C\C/C=C\C/C=C\C/C=C\C/C=C\CC)OC(=O)CCCCCCCC/C=C\C/C=C\C/C=C\C/C=C\C/C=C\C/C=C\CC. The summed E-state index contributed by atoms with van der Waals surface area (Å²) in [5.41, 5.74) is 0. The van der Waals surface area contributed by atoms with Crippen LogP contribution >= 0.6 is 15.6 Å². The molecular formula is C105H174O16P2. The third-order valence-electron chi connectivity index (χ3n) is 20.0. The van der Waals surface area contributed by atoms with Gasteiger partial charge in [-0.1, -0.05) is 401 Å². The summed E-state index contributed by atoms with van der Waals surface area (Å²) >= 11 is 0. The summed E-state index contributed by atoms with van der Waals surface area (Å²) in [5.74, 6) is -1.59. The fraction of sp³-hybridized carbons (Fsp3) is 0.648. The molecular weight excluding hydrogens is 1580 g/mol. The maximum Gasteiger partial charge on any atom is 0.472 e. The van der Waals surface area contributed by atoms with Gasteiger partial charge in [0.25, 0.3) is 0 Å². The number of carbonyl (C=O) groups excluding carboxylic acids is 3. The first-order valence-electron chi connectivity index (χ1n) is 48.4. The highest BCUT2D eigenvalue weighted by molar-refractivity contribution is 7.47. The van der Waals surface area contributed by atoms with Crippen LogP contribution in [0.1, 0.15) is 380 Å². The van der Waals surface area contributed by atoms with E-state index in [1.54, 1.807) is 0 Å². The minimum atomic E-state index is -4.95. The Morgan fingerprint density at radius 2 is 0.407 bits per heavy atom. The number of hydrogen-bond donors (Lipinski definition) is 4. The molecule has 0 saturated heterocycles. The van der Waals surface area contributed by atoms with E-state index in [4.69, 9.17) is 32.3 Å². The van der Waals surface area contributed by atoms with Crippen molar-refractivity contribution in [1.82, 2.24) is 0 Å². The average molecular weight is 1750 g/mol. The molecule has 0 saturated carbocycles. The zero-order valence-corrected chi connectivity index (χ0v) is 79.1. The second-order valence-corrected chi connectivity index (χ2v) is 34.6. The molecule has 0 aliphatic carbocycles. The first-order valence-corrected chi connectivity index (χ1v) is 51.4. The topological polar surface area (TPSA) is 231 Å². The van der Waals surface area contributed by atoms with Crippen molar-refractivity contribution in [3.05, 3.63) is 207 Å². The number of phosphoric ester groups is 2. The molecule has 0 aliphatic heterocycles. The molecule has 18 heteroatoms. The highest BCUT2D eigenvalue weighted by atomic mass is 31.2. The van der Waals surface area contributed by atoms with Crippen LogP contribution in [0.3, 0.4) is 0 Å². The van der Waals surface area contributed by atoms with Gasteiger partial charge >= 0.3 is 33.6 Å². The second kappa shape index (κ2) is 95.2. The van der Waals surface area contributed by atoms with Gasteiger partial charge in [0.15, 0.2) is 6.10 Å². The van der Waals surface area contributed by atoms with Gasteiger partial charge in [0.2, 0.25) is 0 Å². The molecule has 0 aromatic heterocycles. The first kappa shape index (κ1) is 117. The zero-order chi connectivity index (χ0) is 89.3. The van der Waals surface area contributed by atoms with Gasteiger partial charge in [-0.25, -0.2) is 9.13 Å². The predicted molar refractivity (Wildman–Crippen MR) is 518 cm³/mol. The van der Waals surface area contributed by atoms with E-state index >= 15 is 0 Å². The lowest BCUT2D eigenvalue weighted by molar-refractivity contribution is -0.161. The Bertz CT molecular complexity index is 3070. The van der Waals surface area contributed by atoms with Crippen molar-refractivity contribution in [2.75, 3.05) is 39.6 Å². The molecule has 0 fully saturated rings. The highest BCUT2D eigenvalue weighted by Gasteiger charge is 2.30. The van der Waals surface area contributed by atoms with E-state index in [0.717, 1.165) is 199 Å². The molecule has 16 nitrogen and oxygen atoms in total. The minimum absolute atomic E-state index is 0.0812. The van der Waals surface area contributed by atoms with Crippen molar-refractivity contribution in [2.45, 2.75) is 399 Å². The molecule has 4 N–H and O–H groups in total. The van der Waals surface area contributed by atoms with Gasteiger partial charge in [0.05, 0.1) is 26.4 Å². The predicted octanol–water partition coefficient (Wildman–Crippen LogP) is 30.3. The Balaban J connectivity index is 4.66. The monoisotopic (exact) mass is 1750 g/mol. The van der Waals surface area contributed by atoms with E-state index in [2.05, 4.69) is 227 Å². The Labute approximate surface area is 750 Å². The summed E-state index contributed by atoms with van der Waals surface area (Å²) < 4.78 is 61.6. The first-order chi connectivity index (χ1) is 60.2. The molecule has 123 heavy (non-hydrogen) atoms. The third kappa shape index (κ3) is 96.6. The number of rotatable bonds is 90. The van der Waals surface area contributed by atoms with E-state index in [0.29, 0.717) is 19.3 Å². The minimum Gasteiger partial charge on any atom is -0.463 e. The average Bonchev–Trinajstić information content (AvgIpc) is 0.898. The van der Waals surface area contributed by atoms with E-state index in [9.17, 15) is 43.5 Å². The standard InChI is InChI=1S/C105H174O16P2/c1-4-7-10-13-16-19-22-25-28-31-34-37-40-43-45-47-49-51-53-56-58-61-64-67-70-73-76-79-82-85-88-91-103(108)115-94-100(106)95-117-122(111,112)118-96-101(107)97-119-123(113,114)120-99-102(121-105(110)93-90-87-84-81-78-75-72-69-66-63-60-55-42-39-36-33-30-27-24-21-18-15-12-9-6-3)98-116-104(109)92-89-86-83-80-77-74-71-68-65-62-59-57-54-52-50-48-46-44-41-38-35-32-29-26-23-20-17-14-11-8-5-2/h7-12,16-21,25-30,34-39,43-46,49,51,55,60,66,69,100-102,106-107H,4-6,13-15,22-24,31-33,40-42,47-48,50,52-54,56-59,61-65,67-68,70-99H2,1-3H3,(H,111,112)(H,113,114)/b10-7-,11-8-,12-9-,19-16-,20-17-,21-18-,28-25-,29-26-,30-27-,37-34-,38-35-,39-36-,45-43-,46-44-,51-49-,60-55-,69-66-. The van der Waals surface area contributed by atoms with Crippen molar-refractivity contribution in [1.29, 1.82) is 0 Å². The van der Waals surface area contributed by atoms with Gasteiger partial charge in [-0.2, -0.15) is 0 Å². The molecule has 0 radical (unpaired) electrons. The van der Waals surface area contributed by atoms with E-state index in [1.165, 1.54) is 122 Å². The summed E-state index contributed by atoms with van der Waals surface area (Å²) in [6.07, 6.45) is 129. The number of hydrogen-bond acceptors (Lipinski definition) is 14. The number of carbonyl (C=O) groups is 3. The van der Waals surface area contributed by atoms with Crippen LogP contribution in [-0.2, 0) is 55.8 Å². The lowest BCUT2D eigenvalue weighted by Gasteiger charge is -2.21. The summed E-state index contributed by atoms with van der Waals surface area (Å²) in [6.45, 7) is 2.36. The fourth-order valence-electron chi connectivity index (χ4n) is 12.8. The van der Waals surface area contributed by atoms with E-state index in [1.807, 2.05) is 0 Å². The van der Waals surface area contributed by atoms with Crippen LogP contribution < -0.4 is 0 Å². The molecule has 0 amide bonds. The molecule has 0 aromatic rings. The van der Waals surface area contributed by atoms with Crippen molar-refractivity contribution in [3.8, 4) is 0 Å². The number of aliphatic hydroxyl groups excluding tert-OH is 2. The smallest absolute Gasteiger partial charge is 0.463 e. The Kier molecular flexibility index (Phi) is 90.7. The number of allylic oxidation sites excluding steroid dienone is 34. The van der Waals surface area contributed by atoms with E-state index < -0.39 is 91.5 Å². The number of unbranched alkanes of at least 4 members (excludes halogenated alkanes) is 33. The maximum atomic E-state index is 13.1. The van der Waals surface area contributed by atoms with Crippen LogP contribution in [0.4, 0.5) is 0 Å². The van der Waals surface area contributed by atoms with Gasteiger partial charge < -0.3 is 34.2 Å². The molecule has 0 aliphatic rings. The molecule has 5 atom stereocenters. The zero-order valence-electron chi connectivity index (χ0n) is 77.3. The fourth-order valence-corrected chi connectivity index (χ4v) is 14.4. The number of ether oxygens (including phenoxy) is 3. The normalized spacial score (nSPS) is 14.6. The van der Waals surface area contributed by atoms with Crippen LogP contribution in [0, 0.1) is 0 Å². The molecule has 0 rings (SSSR count). The van der Waals surface area contributed by atoms with E-state index in [-0.39, 0.29) is 19.3 Å². The lowest BCUT2D eigenvalue weighted by atomic mass is 10.0. The van der Waals surface area contributed by atoms with Crippen molar-refractivity contribution in [2.24, 2.45) is 0 Å². The summed E-state index contributed by atoms with van der Waals surface area (Å²) in [5, 5.41) is 20.8. The molecule has 0 aromatic carbocycles.